The van der Waals surface area contributed by atoms with Crippen LogP contribution in [0.5, 0.6) is 0 Å². The third-order valence-electron chi connectivity index (χ3n) is 1.19. The first-order valence-electron chi connectivity index (χ1n) is 3.48. The predicted octanol–water partition coefficient (Wildman–Crippen LogP) is 0.985. The van der Waals surface area contributed by atoms with E-state index < -0.39 is 8.32 Å². The molecule has 0 saturated carbocycles. The molecule has 1 saturated heterocycles. The van der Waals surface area contributed by atoms with E-state index in [4.69, 9.17) is 4.53 Å². The molecule has 0 radical (unpaired) electrons. The quantitative estimate of drug-likeness (QED) is 0.444. The monoisotopic (exact) mass is 159 g/mol. The van der Waals surface area contributed by atoms with Gasteiger partial charge in [-0.1, -0.05) is 0 Å². The summed E-state index contributed by atoms with van der Waals surface area (Å²) in [6.07, 6.45) is 0.657. The Bertz CT molecular complexity index is 152. The number of amides is 1. The van der Waals surface area contributed by atoms with E-state index in [0.29, 0.717) is 6.42 Å². The molecule has 4 heteroatoms. The normalized spacial score (nSPS) is 19.1. The fourth-order valence-corrected chi connectivity index (χ4v) is 1.58. The minimum absolute atomic E-state index is 0.127. The molecule has 1 aliphatic heterocycles. The number of hydrogen-bond donors (Lipinski definition) is 0. The van der Waals surface area contributed by atoms with Crippen LogP contribution in [0.2, 0.25) is 19.6 Å². The van der Waals surface area contributed by atoms with Crippen LogP contribution in [0.25, 0.3) is 0 Å². The molecule has 0 N–H and O–H groups in total. The molecule has 1 heterocycles. The Morgan fingerprint density at radius 3 is 2.20 bits per heavy atom. The first-order valence-corrected chi connectivity index (χ1v) is 6.89. The van der Waals surface area contributed by atoms with Crippen molar-refractivity contribution in [1.29, 1.82) is 0 Å². The van der Waals surface area contributed by atoms with Gasteiger partial charge in [0, 0.05) is 6.42 Å². The molecule has 0 aromatic heterocycles. The number of carbonyl (C=O) groups is 1. The molecule has 1 fully saturated rings. The molecule has 3 nitrogen and oxygen atoms in total. The van der Waals surface area contributed by atoms with Crippen molar-refractivity contribution in [3.05, 3.63) is 0 Å². The van der Waals surface area contributed by atoms with E-state index in [0.717, 1.165) is 6.54 Å². The second-order valence-corrected chi connectivity index (χ2v) is 7.86. The van der Waals surface area contributed by atoms with Crippen molar-refractivity contribution >= 4 is 14.2 Å². The van der Waals surface area contributed by atoms with E-state index in [1.165, 1.54) is 5.06 Å². The van der Waals surface area contributed by atoms with Crippen molar-refractivity contribution in [2.24, 2.45) is 0 Å². The van der Waals surface area contributed by atoms with Crippen molar-refractivity contribution in [3.63, 3.8) is 0 Å². The highest BCUT2D eigenvalue weighted by molar-refractivity contribution is 6.69. The largest absolute Gasteiger partial charge is 0.318 e. The smallest absolute Gasteiger partial charge is 0.247 e. The summed E-state index contributed by atoms with van der Waals surface area (Å²) < 4.78 is 5.41. The third-order valence-corrected chi connectivity index (χ3v) is 1.96. The van der Waals surface area contributed by atoms with Gasteiger partial charge in [0.05, 0.1) is 6.54 Å². The fourth-order valence-electron chi connectivity index (χ4n) is 0.722. The lowest BCUT2D eigenvalue weighted by atomic mass is 10.3. The highest BCUT2D eigenvalue weighted by Gasteiger charge is 2.29. The molecule has 0 aromatic carbocycles. The summed E-state index contributed by atoms with van der Waals surface area (Å²) in [5.74, 6) is 0.127. The molecule has 0 spiro atoms. The van der Waals surface area contributed by atoms with Crippen LogP contribution in [0.1, 0.15) is 6.42 Å². The molecule has 0 aliphatic carbocycles. The Morgan fingerprint density at radius 1 is 1.50 bits per heavy atom. The lowest BCUT2D eigenvalue weighted by molar-refractivity contribution is -0.177. The van der Waals surface area contributed by atoms with Gasteiger partial charge in [0.2, 0.25) is 14.2 Å². The maximum absolute atomic E-state index is 10.7. The molecule has 0 atom stereocenters. The SMILES string of the molecule is C[Si](C)(C)ON1CCC1=O. The molecular formula is C6H13NO2Si. The maximum Gasteiger partial charge on any atom is 0.247 e. The average molecular weight is 159 g/mol. The zero-order chi connectivity index (χ0) is 7.78. The molecular weight excluding hydrogens is 146 g/mol. The topological polar surface area (TPSA) is 29.5 Å². The van der Waals surface area contributed by atoms with Gasteiger partial charge in [-0.3, -0.25) is 4.79 Å². The Hall–Kier alpha value is -0.353. The van der Waals surface area contributed by atoms with Crippen molar-refractivity contribution in [2.45, 2.75) is 26.1 Å². The summed E-state index contributed by atoms with van der Waals surface area (Å²) in [6.45, 7) is 6.99. The second kappa shape index (κ2) is 2.36. The highest BCUT2D eigenvalue weighted by Crippen LogP contribution is 2.14. The molecule has 0 bridgehead atoms. The van der Waals surface area contributed by atoms with Gasteiger partial charge in [0.1, 0.15) is 0 Å². The first-order chi connectivity index (χ1) is 4.49. The van der Waals surface area contributed by atoms with E-state index in [-0.39, 0.29) is 5.91 Å². The molecule has 10 heavy (non-hydrogen) atoms. The van der Waals surface area contributed by atoms with Crippen LogP contribution in [0.4, 0.5) is 0 Å². The second-order valence-electron chi connectivity index (χ2n) is 3.45. The van der Waals surface area contributed by atoms with Crippen LogP contribution in [0.3, 0.4) is 0 Å². The number of β-lactam (4-membered cyclic amide) rings is 1. The maximum atomic E-state index is 10.7. The van der Waals surface area contributed by atoms with Crippen LogP contribution in [0, 0.1) is 0 Å². The van der Waals surface area contributed by atoms with Gasteiger partial charge in [0.25, 0.3) is 0 Å². The van der Waals surface area contributed by atoms with Crippen molar-refractivity contribution < 1.29 is 9.32 Å². The van der Waals surface area contributed by atoms with E-state index in [2.05, 4.69) is 19.6 Å². The molecule has 0 unspecified atom stereocenters. The zero-order valence-electron chi connectivity index (χ0n) is 6.68. The summed E-state index contributed by atoms with van der Waals surface area (Å²) in [6, 6.07) is 0. The van der Waals surface area contributed by atoms with Gasteiger partial charge >= 0.3 is 0 Å². The molecule has 58 valence electrons. The Labute approximate surface area is 62.1 Å². The number of hydrogen-bond acceptors (Lipinski definition) is 2. The lowest BCUT2D eigenvalue weighted by Gasteiger charge is -2.34. The van der Waals surface area contributed by atoms with Crippen LogP contribution < -0.4 is 0 Å². The number of carbonyl (C=O) groups excluding carboxylic acids is 1. The zero-order valence-corrected chi connectivity index (χ0v) is 7.68. The Balaban J connectivity index is 2.32. The van der Waals surface area contributed by atoms with E-state index in [1.807, 2.05) is 0 Å². The molecule has 1 rings (SSSR count). The lowest BCUT2D eigenvalue weighted by Crippen LogP contribution is -2.49. The molecule has 0 aromatic rings. The highest BCUT2D eigenvalue weighted by atomic mass is 28.4. The van der Waals surface area contributed by atoms with Crippen LogP contribution >= 0.6 is 0 Å². The summed E-state index contributed by atoms with van der Waals surface area (Å²) in [5, 5.41) is 1.48. The van der Waals surface area contributed by atoms with Crippen molar-refractivity contribution in [3.8, 4) is 0 Å². The van der Waals surface area contributed by atoms with Crippen LogP contribution in [0.15, 0.2) is 0 Å². The van der Waals surface area contributed by atoms with Gasteiger partial charge in [-0.25, -0.2) is 5.06 Å². The van der Waals surface area contributed by atoms with Crippen LogP contribution in [-0.2, 0) is 9.32 Å². The summed E-state index contributed by atoms with van der Waals surface area (Å²) in [4.78, 5) is 10.7. The average Bonchev–Trinajstić information content (AvgIpc) is 1.78. The van der Waals surface area contributed by atoms with Gasteiger partial charge in [0.15, 0.2) is 0 Å². The van der Waals surface area contributed by atoms with E-state index >= 15 is 0 Å². The summed E-state index contributed by atoms with van der Waals surface area (Å²) >= 11 is 0. The molecule has 1 aliphatic rings. The van der Waals surface area contributed by atoms with Gasteiger partial charge < -0.3 is 4.53 Å². The number of rotatable bonds is 2. The summed E-state index contributed by atoms with van der Waals surface area (Å²) in [5.41, 5.74) is 0. The van der Waals surface area contributed by atoms with Gasteiger partial charge in [-0.2, -0.15) is 0 Å². The number of nitrogens with zero attached hydrogens (tertiary/aromatic N) is 1. The van der Waals surface area contributed by atoms with Gasteiger partial charge in [-0.05, 0) is 19.6 Å². The Kier molecular flexibility index (Phi) is 1.83. The minimum atomic E-state index is -1.53. The molecule has 1 amide bonds. The predicted molar refractivity (Wildman–Crippen MR) is 40.8 cm³/mol. The van der Waals surface area contributed by atoms with E-state index in [9.17, 15) is 4.79 Å². The summed E-state index contributed by atoms with van der Waals surface area (Å²) in [7, 11) is -1.53. The van der Waals surface area contributed by atoms with E-state index in [1.54, 1.807) is 0 Å². The fraction of sp³-hybridized carbons (Fsp3) is 0.833. The van der Waals surface area contributed by atoms with Crippen LogP contribution in [-0.4, -0.2) is 25.8 Å². The standard InChI is InChI=1S/C6H13NO2Si/c1-10(2,3)9-7-5-4-6(7)8/h4-5H2,1-3H3. The minimum Gasteiger partial charge on any atom is -0.318 e. The van der Waals surface area contributed by atoms with Gasteiger partial charge in [-0.15, -0.1) is 0 Å². The third kappa shape index (κ3) is 1.81. The number of hydroxylamine groups is 2. The van der Waals surface area contributed by atoms with Crippen molar-refractivity contribution in [2.75, 3.05) is 6.54 Å². The Morgan fingerprint density at radius 2 is 2.10 bits per heavy atom. The van der Waals surface area contributed by atoms with Crippen molar-refractivity contribution in [1.82, 2.24) is 5.06 Å². The first kappa shape index (κ1) is 7.75.